The number of nitrogens with zero attached hydrogens (tertiary/aromatic N) is 5. The molecule has 0 aromatic carbocycles. The molecule has 0 atom stereocenters. The summed E-state index contributed by atoms with van der Waals surface area (Å²) in [5, 5.41) is 4.32. The Hall–Kier alpha value is -2.00. The van der Waals surface area contributed by atoms with Crippen LogP contribution in [0.4, 0.5) is 5.82 Å². The number of rotatable bonds is 5. The van der Waals surface area contributed by atoms with Gasteiger partial charge < -0.3 is 4.90 Å². The number of nitrogens with one attached hydrogen (secondary N) is 1. The molecule has 2 aliphatic rings. The number of aromatic nitrogens is 4. The summed E-state index contributed by atoms with van der Waals surface area (Å²) in [5.74, 6) is 1.27. The summed E-state index contributed by atoms with van der Waals surface area (Å²) in [6.45, 7) is 3.88. The molecule has 0 amide bonds. The molecule has 0 radical (unpaired) electrons. The Morgan fingerprint density at radius 3 is 2.54 bits per heavy atom. The van der Waals surface area contributed by atoms with E-state index in [1.165, 1.54) is 17.5 Å². The van der Waals surface area contributed by atoms with E-state index in [9.17, 15) is 8.42 Å². The molecule has 4 rings (SSSR count). The second-order valence-corrected chi connectivity index (χ2v) is 8.89. The monoisotopic (exact) mass is 376 g/mol. The van der Waals surface area contributed by atoms with E-state index in [4.69, 9.17) is 0 Å². The van der Waals surface area contributed by atoms with Crippen molar-refractivity contribution in [3.63, 3.8) is 0 Å². The molecule has 1 aliphatic heterocycles. The molecule has 3 heterocycles. The molecule has 2 aromatic heterocycles. The molecular formula is C17H24N6O2S. The highest BCUT2D eigenvalue weighted by atomic mass is 32.2. The Labute approximate surface area is 153 Å². The number of hydrogen-bond acceptors (Lipinski definition) is 6. The van der Waals surface area contributed by atoms with Gasteiger partial charge in [0.1, 0.15) is 12.1 Å². The molecule has 9 heteroatoms. The van der Waals surface area contributed by atoms with Gasteiger partial charge in [0.05, 0.1) is 5.69 Å². The van der Waals surface area contributed by atoms with Crippen LogP contribution in [0.2, 0.25) is 0 Å². The predicted molar refractivity (Wildman–Crippen MR) is 97.5 cm³/mol. The molecule has 140 valence electrons. The summed E-state index contributed by atoms with van der Waals surface area (Å²) in [6, 6.07) is 3.58. The molecule has 0 spiro atoms. The second-order valence-electron chi connectivity index (χ2n) is 7.23. The molecule has 2 aromatic rings. The van der Waals surface area contributed by atoms with Crippen molar-refractivity contribution in [2.24, 2.45) is 7.05 Å². The van der Waals surface area contributed by atoms with Gasteiger partial charge in [-0.15, -0.1) is 0 Å². The van der Waals surface area contributed by atoms with Crippen LogP contribution < -0.4 is 9.62 Å². The Balaban J connectivity index is 1.40. The summed E-state index contributed by atoms with van der Waals surface area (Å²) in [5.41, 5.74) is 1.70. The maximum atomic E-state index is 12.5. The van der Waals surface area contributed by atoms with Crippen LogP contribution in [0, 0.1) is 6.92 Å². The van der Waals surface area contributed by atoms with Crippen molar-refractivity contribution in [3.05, 3.63) is 29.8 Å². The topological polar surface area (TPSA) is 93.0 Å². The van der Waals surface area contributed by atoms with Gasteiger partial charge in [0.25, 0.3) is 10.0 Å². The molecule has 1 saturated carbocycles. The van der Waals surface area contributed by atoms with Crippen molar-refractivity contribution in [3.8, 4) is 0 Å². The molecule has 1 saturated heterocycles. The van der Waals surface area contributed by atoms with Crippen LogP contribution in [-0.4, -0.2) is 47.3 Å². The third-order valence-corrected chi connectivity index (χ3v) is 6.79. The van der Waals surface area contributed by atoms with Crippen molar-refractivity contribution in [1.29, 1.82) is 0 Å². The highest BCUT2D eigenvalue weighted by molar-refractivity contribution is 7.89. The van der Waals surface area contributed by atoms with Gasteiger partial charge >= 0.3 is 0 Å². The minimum atomic E-state index is -3.55. The molecule has 1 aliphatic carbocycles. The molecule has 0 bridgehead atoms. The first kappa shape index (κ1) is 17.4. The molecular weight excluding hydrogens is 352 g/mol. The SMILES string of the molecule is Cc1cc(S(=O)(=O)NC2CC(c3cc(N4CCCC4)ncn3)C2)n(C)n1. The van der Waals surface area contributed by atoms with Crippen LogP contribution in [0.5, 0.6) is 0 Å². The highest BCUT2D eigenvalue weighted by Gasteiger charge is 2.35. The van der Waals surface area contributed by atoms with E-state index >= 15 is 0 Å². The average molecular weight is 376 g/mol. The zero-order valence-electron chi connectivity index (χ0n) is 15.1. The molecule has 8 nitrogen and oxygen atoms in total. The number of hydrogen-bond donors (Lipinski definition) is 1. The van der Waals surface area contributed by atoms with Crippen LogP contribution in [0.25, 0.3) is 0 Å². The van der Waals surface area contributed by atoms with Crippen molar-refractivity contribution in [1.82, 2.24) is 24.5 Å². The van der Waals surface area contributed by atoms with Crippen LogP contribution in [0.15, 0.2) is 23.5 Å². The highest BCUT2D eigenvalue weighted by Crippen LogP contribution is 2.37. The molecule has 1 N–H and O–H groups in total. The molecule has 0 unspecified atom stereocenters. The van der Waals surface area contributed by atoms with Crippen LogP contribution in [0.3, 0.4) is 0 Å². The van der Waals surface area contributed by atoms with E-state index in [2.05, 4.69) is 30.8 Å². The minimum Gasteiger partial charge on any atom is -0.357 e. The second kappa shape index (κ2) is 6.62. The number of sulfonamides is 1. The lowest BCUT2D eigenvalue weighted by Gasteiger charge is -2.35. The summed E-state index contributed by atoms with van der Waals surface area (Å²) in [6.07, 6.45) is 5.55. The van der Waals surface area contributed by atoms with Gasteiger partial charge in [-0.05, 0) is 38.7 Å². The fourth-order valence-electron chi connectivity index (χ4n) is 3.78. The normalized spacial score (nSPS) is 23.2. The van der Waals surface area contributed by atoms with Gasteiger partial charge in [0.2, 0.25) is 0 Å². The van der Waals surface area contributed by atoms with Gasteiger partial charge in [-0.2, -0.15) is 5.10 Å². The van der Waals surface area contributed by atoms with Crippen LogP contribution in [0.1, 0.15) is 43.0 Å². The predicted octanol–water partition coefficient (Wildman–Crippen LogP) is 1.34. The maximum Gasteiger partial charge on any atom is 0.257 e. The van der Waals surface area contributed by atoms with E-state index in [0.29, 0.717) is 5.69 Å². The van der Waals surface area contributed by atoms with E-state index < -0.39 is 10.0 Å². The Kier molecular flexibility index (Phi) is 4.44. The first-order chi connectivity index (χ1) is 12.4. The van der Waals surface area contributed by atoms with Crippen LogP contribution >= 0.6 is 0 Å². The van der Waals surface area contributed by atoms with Crippen molar-refractivity contribution >= 4 is 15.8 Å². The summed E-state index contributed by atoms with van der Waals surface area (Å²) < 4.78 is 29.3. The van der Waals surface area contributed by atoms with E-state index in [1.807, 2.05) is 0 Å². The van der Waals surface area contributed by atoms with Crippen molar-refractivity contribution in [2.45, 2.75) is 49.6 Å². The van der Waals surface area contributed by atoms with Gasteiger partial charge in [-0.25, -0.2) is 23.1 Å². The smallest absolute Gasteiger partial charge is 0.257 e. The van der Waals surface area contributed by atoms with E-state index in [-0.39, 0.29) is 17.0 Å². The minimum absolute atomic E-state index is 0.0644. The fourth-order valence-corrected chi connectivity index (χ4v) is 5.24. The average Bonchev–Trinajstić information content (AvgIpc) is 3.20. The lowest BCUT2D eigenvalue weighted by Crippen LogP contribution is -2.44. The Morgan fingerprint density at radius 2 is 1.88 bits per heavy atom. The van der Waals surface area contributed by atoms with Crippen molar-refractivity contribution < 1.29 is 8.42 Å². The summed E-state index contributed by atoms with van der Waals surface area (Å²) >= 11 is 0. The summed E-state index contributed by atoms with van der Waals surface area (Å²) in [4.78, 5) is 11.1. The zero-order valence-corrected chi connectivity index (χ0v) is 15.9. The first-order valence-corrected chi connectivity index (χ1v) is 10.5. The van der Waals surface area contributed by atoms with Crippen LogP contribution in [-0.2, 0) is 17.1 Å². The van der Waals surface area contributed by atoms with Gasteiger partial charge in [0, 0.05) is 43.9 Å². The quantitative estimate of drug-likeness (QED) is 0.847. The van der Waals surface area contributed by atoms with E-state index in [0.717, 1.165) is 37.4 Å². The van der Waals surface area contributed by atoms with Gasteiger partial charge in [0.15, 0.2) is 5.03 Å². The maximum absolute atomic E-state index is 12.5. The fraction of sp³-hybridized carbons (Fsp3) is 0.588. The Morgan fingerprint density at radius 1 is 1.15 bits per heavy atom. The third kappa shape index (κ3) is 3.33. The lowest BCUT2D eigenvalue weighted by atomic mass is 9.78. The largest absolute Gasteiger partial charge is 0.357 e. The van der Waals surface area contributed by atoms with Crippen molar-refractivity contribution in [2.75, 3.05) is 18.0 Å². The summed E-state index contributed by atoms with van der Waals surface area (Å²) in [7, 11) is -1.90. The van der Waals surface area contributed by atoms with Gasteiger partial charge in [-0.3, -0.25) is 4.68 Å². The zero-order chi connectivity index (χ0) is 18.3. The number of aryl methyl sites for hydroxylation is 2. The van der Waals surface area contributed by atoms with E-state index in [1.54, 1.807) is 26.4 Å². The Bertz CT molecular complexity index is 898. The lowest BCUT2D eigenvalue weighted by molar-refractivity contribution is 0.320. The third-order valence-electron chi connectivity index (χ3n) is 5.22. The molecule has 2 fully saturated rings. The molecule has 26 heavy (non-hydrogen) atoms. The first-order valence-electron chi connectivity index (χ1n) is 9.02. The number of anilines is 1. The standard InChI is InChI=1S/C17H24N6O2S/c1-12-7-17(22(2)20-12)26(24,25)21-14-8-13(9-14)15-10-16(19-11-18-15)23-5-3-4-6-23/h7,10-11,13-14,21H,3-6,8-9H2,1-2H3. The van der Waals surface area contributed by atoms with Gasteiger partial charge in [-0.1, -0.05) is 0 Å².